The largest absolute Gasteiger partial charge is 0.464 e. The summed E-state index contributed by atoms with van der Waals surface area (Å²) in [6, 6.07) is 0. The monoisotopic (exact) mass is 237 g/mol. The Bertz CT molecular complexity index is 620. The lowest BCUT2D eigenvalue weighted by atomic mass is 10.2. The number of carbonyl (C=O) groups excluding carboxylic acids is 1. The van der Waals surface area contributed by atoms with Gasteiger partial charge < -0.3 is 9.15 Å². The van der Waals surface area contributed by atoms with Crippen molar-refractivity contribution in [3.8, 4) is 11.5 Å². The summed E-state index contributed by atoms with van der Waals surface area (Å²) < 4.78 is 11.0. The first kappa shape index (κ1) is 11.2. The van der Waals surface area contributed by atoms with Crippen molar-refractivity contribution in [2.24, 2.45) is 7.05 Å². The fraction of sp³-hybridized carbons (Fsp3) is 0.300. The SMILES string of the molecule is COC(=O)c1[nH]n(C)c(=O)c1-c1ncc(C)o1. The molecule has 0 aliphatic rings. The number of hydrogen-bond donors (Lipinski definition) is 1. The van der Waals surface area contributed by atoms with Gasteiger partial charge >= 0.3 is 5.97 Å². The minimum Gasteiger partial charge on any atom is -0.464 e. The number of hydrogen-bond acceptors (Lipinski definition) is 5. The topological polar surface area (TPSA) is 90.1 Å². The van der Waals surface area contributed by atoms with Gasteiger partial charge in [-0.15, -0.1) is 0 Å². The van der Waals surface area contributed by atoms with Gasteiger partial charge in [0.15, 0.2) is 5.69 Å². The summed E-state index contributed by atoms with van der Waals surface area (Å²) in [4.78, 5) is 27.3. The van der Waals surface area contributed by atoms with Gasteiger partial charge in [-0.05, 0) is 6.92 Å². The molecule has 0 spiro atoms. The van der Waals surface area contributed by atoms with Crippen LogP contribution in [-0.2, 0) is 11.8 Å². The average Bonchev–Trinajstić information content (AvgIpc) is 2.84. The quantitative estimate of drug-likeness (QED) is 0.766. The zero-order chi connectivity index (χ0) is 12.6. The molecular formula is C10H11N3O4. The average molecular weight is 237 g/mol. The number of aromatic amines is 1. The van der Waals surface area contributed by atoms with E-state index in [1.165, 1.54) is 25.0 Å². The normalized spacial score (nSPS) is 10.5. The molecule has 90 valence electrons. The second-order valence-corrected chi connectivity index (χ2v) is 3.49. The van der Waals surface area contributed by atoms with E-state index in [-0.39, 0.29) is 17.1 Å². The number of esters is 1. The number of oxazole rings is 1. The smallest absolute Gasteiger partial charge is 0.357 e. The molecule has 17 heavy (non-hydrogen) atoms. The Kier molecular flexibility index (Phi) is 2.58. The van der Waals surface area contributed by atoms with Crippen LogP contribution in [-0.4, -0.2) is 27.8 Å². The minimum atomic E-state index is -0.645. The number of nitrogens with one attached hydrogen (secondary N) is 1. The maximum atomic E-state index is 11.8. The zero-order valence-corrected chi connectivity index (χ0v) is 9.60. The van der Waals surface area contributed by atoms with Crippen molar-refractivity contribution in [1.82, 2.24) is 14.8 Å². The standard InChI is InChI=1S/C10H11N3O4/c1-5-4-11-8(17-5)6-7(10(15)16-3)12-13(2)9(6)14/h4,12H,1-3H3. The predicted octanol–water partition coefficient (Wildman–Crippen LogP) is 0.463. The molecule has 0 radical (unpaired) electrons. The second-order valence-electron chi connectivity index (χ2n) is 3.49. The maximum absolute atomic E-state index is 11.8. The molecule has 0 bridgehead atoms. The molecule has 0 aliphatic heterocycles. The Hall–Kier alpha value is -2.31. The lowest BCUT2D eigenvalue weighted by molar-refractivity contribution is 0.0593. The molecule has 2 aromatic heterocycles. The van der Waals surface area contributed by atoms with Crippen molar-refractivity contribution < 1.29 is 13.9 Å². The number of carbonyl (C=O) groups is 1. The molecule has 0 atom stereocenters. The number of H-pyrrole nitrogens is 1. The van der Waals surface area contributed by atoms with Gasteiger partial charge in [-0.2, -0.15) is 0 Å². The third-order valence-corrected chi connectivity index (χ3v) is 2.27. The van der Waals surface area contributed by atoms with Crippen LogP contribution in [0.25, 0.3) is 11.5 Å². The van der Waals surface area contributed by atoms with Crippen LogP contribution in [0.15, 0.2) is 15.4 Å². The van der Waals surface area contributed by atoms with E-state index < -0.39 is 11.5 Å². The summed E-state index contributed by atoms with van der Waals surface area (Å²) in [6.07, 6.45) is 1.48. The van der Waals surface area contributed by atoms with Crippen LogP contribution in [0.4, 0.5) is 0 Å². The Balaban J connectivity index is 2.67. The van der Waals surface area contributed by atoms with Crippen molar-refractivity contribution in [1.29, 1.82) is 0 Å². The Morgan fingerprint density at radius 2 is 2.29 bits per heavy atom. The van der Waals surface area contributed by atoms with Crippen molar-refractivity contribution in [3.63, 3.8) is 0 Å². The van der Waals surface area contributed by atoms with Gasteiger partial charge in [0.1, 0.15) is 11.3 Å². The molecule has 2 aromatic rings. The Morgan fingerprint density at radius 3 is 2.82 bits per heavy atom. The van der Waals surface area contributed by atoms with Crippen LogP contribution in [0.3, 0.4) is 0 Å². The molecule has 2 rings (SSSR count). The van der Waals surface area contributed by atoms with Crippen LogP contribution >= 0.6 is 0 Å². The summed E-state index contributed by atoms with van der Waals surface area (Å²) in [7, 11) is 2.73. The minimum absolute atomic E-state index is 0.0295. The molecule has 0 saturated heterocycles. The molecule has 2 heterocycles. The van der Waals surface area contributed by atoms with Crippen molar-refractivity contribution >= 4 is 5.97 Å². The third-order valence-electron chi connectivity index (χ3n) is 2.27. The fourth-order valence-electron chi connectivity index (χ4n) is 1.47. The van der Waals surface area contributed by atoms with Gasteiger partial charge in [0.25, 0.3) is 5.56 Å². The summed E-state index contributed by atoms with van der Waals surface area (Å²) >= 11 is 0. The molecule has 1 N–H and O–H groups in total. The third kappa shape index (κ3) is 1.75. The van der Waals surface area contributed by atoms with Crippen molar-refractivity contribution in [3.05, 3.63) is 28.0 Å². The molecule has 0 aromatic carbocycles. The van der Waals surface area contributed by atoms with Crippen LogP contribution in [0.2, 0.25) is 0 Å². The van der Waals surface area contributed by atoms with Gasteiger partial charge in [-0.1, -0.05) is 0 Å². The molecule has 0 saturated carbocycles. The summed E-state index contributed by atoms with van der Waals surface area (Å²) in [6.45, 7) is 1.70. The number of methoxy groups -OCH3 is 1. The van der Waals surface area contributed by atoms with Crippen LogP contribution < -0.4 is 5.56 Å². The van der Waals surface area contributed by atoms with Gasteiger partial charge in [-0.3, -0.25) is 14.6 Å². The van der Waals surface area contributed by atoms with E-state index in [0.29, 0.717) is 5.76 Å². The first-order valence-corrected chi connectivity index (χ1v) is 4.84. The van der Waals surface area contributed by atoms with Crippen molar-refractivity contribution in [2.75, 3.05) is 7.11 Å². The van der Waals surface area contributed by atoms with Crippen LogP contribution in [0.5, 0.6) is 0 Å². The molecule has 7 heteroatoms. The summed E-state index contributed by atoms with van der Waals surface area (Å²) in [5.41, 5.74) is -0.290. The number of aromatic nitrogens is 3. The molecular weight excluding hydrogens is 226 g/mol. The lowest BCUT2D eigenvalue weighted by Gasteiger charge is -1.96. The Labute approximate surface area is 96.0 Å². The highest BCUT2D eigenvalue weighted by molar-refractivity contribution is 5.93. The molecule has 7 nitrogen and oxygen atoms in total. The first-order valence-electron chi connectivity index (χ1n) is 4.84. The number of rotatable bonds is 2. The fourth-order valence-corrected chi connectivity index (χ4v) is 1.47. The Morgan fingerprint density at radius 1 is 1.59 bits per heavy atom. The van der Waals surface area contributed by atoms with Gasteiger partial charge in [0, 0.05) is 7.05 Å². The highest BCUT2D eigenvalue weighted by Gasteiger charge is 2.24. The number of aryl methyl sites for hydroxylation is 2. The van der Waals surface area contributed by atoms with Gasteiger partial charge in [0.2, 0.25) is 5.89 Å². The zero-order valence-electron chi connectivity index (χ0n) is 9.60. The second kappa shape index (κ2) is 3.93. The van der Waals surface area contributed by atoms with Crippen LogP contribution in [0, 0.1) is 6.92 Å². The molecule has 0 fully saturated rings. The highest BCUT2D eigenvalue weighted by Crippen LogP contribution is 2.19. The molecule has 0 aliphatic carbocycles. The van der Waals surface area contributed by atoms with Crippen LogP contribution in [0.1, 0.15) is 16.2 Å². The molecule has 0 unspecified atom stereocenters. The van der Waals surface area contributed by atoms with E-state index in [9.17, 15) is 9.59 Å². The van der Waals surface area contributed by atoms with E-state index in [0.717, 1.165) is 0 Å². The van der Waals surface area contributed by atoms with E-state index >= 15 is 0 Å². The van der Waals surface area contributed by atoms with E-state index in [4.69, 9.17) is 4.42 Å². The maximum Gasteiger partial charge on any atom is 0.357 e. The highest BCUT2D eigenvalue weighted by atomic mass is 16.5. The van der Waals surface area contributed by atoms with Crippen molar-refractivity contribution in [2.45, 2.75) is 6.92 Å². The van der Waals surface area contributed by atoms with E-state index in [1.807, 2.05) is 0 Å². The van der Waals surface area contributed by atoms with E-state index in [1.54, 1.807) is 6.92 Å². The lowest BCUT2D eigenvalue weighted by Crippen LogP contribution is -2.13. The first-order chi connectivity index (χ1) is 8.04. The summed E-state index contributed by atoms with van der Waals surface area (Å²) in [5.74, 6) is 0.0115. The van der Waals surface area contributed by atoms with Gasteiger partial charge in [-0.25, -0.2) is 9.78 Å². The van der Waals surface area contributed by atoms with Gasteiger partial charge in [0.05, 0.1) is 13.3 Å². The number of ether oxygens (including phenoxy) is 1. The number of nitrogens with zero attached hydrogens (tertiary/aromatic N) is 2. The molecule has 0 amide bonds. The predicted molar refractivity (Wildman–Crippen MR) is 57.6 cm³/mol. The summed E-state index contributed by atoms with van der Waals surface area (Å²) in [5, 5.41) is 2.60. The van der Waals surface area contributed by atoms with E-state index in [2.05, 4.69) is 14.8 Å².